The third-order valence-electron chi connectivity index (χ3n) is 5.71. The zero-order valence-electron chi connectivity index (χ0n) is 17.1. The van der Waals surface area contributed by atoms with Crippen molar-refractivity contribution >= 4 is 23.2 Å². The van der Waals surface area contributed by atoms with Crippen molar-refractivity contribution < 1.29 is 0 Å². The summed E-state index contributed by atoms with van der Waals surface area (Å²) >= 11 is 0. The third-order valence-corrected chi connectivity index (χ3v) is 5.71. The average molecular weight is 378 g/mol. The van der Waals surface area contributed by atoms with E-state index in [4.69, 9.17) is 0 Å². The maximum atomic E-state index is 4.11. The van der Waals surface area contributed by atoms with Crippen LogP contribution in [0.3, 0.4) is 0 Å². The lowest BCUT2D eigenvalue weighted by molar-refractivity contribution is 0.966. The van der Waals surface area contributed by atoms with E-state index >= 15 is 0 Å². The van der Waals surface area contributed by atoms with Crippen molar-refractivity contribution in [2.75, 3.05) is 0 Å². The van der Waals surface area contributed by atoms with Gasteiger partial charge in [0.2, 0.25) is 0 Å². The molecule has 0 aliphatic heterocycles. The lowest BCUT2D eigenvalue weighted by Crippen LogP contribution is -1.98. The Balaban J connectivity index is 2.00. The molecular formula is C28H27N. The highest BCUT2D eigenvalue weighted by atomic mass is 15.0. The molecule has 0 aliphatic carbocycles. The van der Waals surface area contributed by atoms with E-state index in [2.05, 4.69) is 97.4 Å². The molecule has 4 rings (SSSR count). The van der Waals surface area contributed by atoms with Crippen LogP contribution in [-0.4, -0.2) is 4.57 Å². The summed E-state index contributed by atoms with van der Waals surface area (Å²) in [6.07, 6.45) is 6.73. The van der Waals surface area contributed by atoms with Crippen LogP contribution >= 0.6 is 0 Å². The molecule has 1 heterocycles. The minimum atomic E-state index is 0.894. The van der Waals surface area contributed by atoms with Gasteiger partial charge in [-0.1, -0.05) is 92.9 Å². The van der Waals surface area contributed by atoms with Crippen molar-refractivity contribution in [2.45, 2.75) is 26.2 Å². The summed E-state index contributed by atoms with van der Waals surface area (Å²) in [5.41, 5.74) is 9.19. The van der Waals surface area contributed by atoms with E-state index in [9.17, 15) is 0 Å². The number of hydrogen-bond acceptors (Lipinski definition) is 0. The fraction of sp³-hybridized carbons (Fsp3) is 0.143. The summed E-state index contributed by atoms with van der Waals surface area (Å²) < 4.78 is 2.27. The Kier molecular flexibility index (Phi) is 5.48. The van der Waals surface area contributed by atoms with Gasteiger partial charge in [-0.2, -0.15) is 0 Å². The normalized spacial score (nSPS) is 10.9. The van der Waals surface area contributed by atoms with Gasteiger partial charge in [0.05, 0.1) is 5.52 Å². The fourth-order valence-corrected chi connectivity index (χ4v) is 4.39. The van der Waals surface area contributed by atoms with Gasteiger partial charge in [0, 0.05) is 17.3 Å². The number of fused-ring (bicyclic) bond motifs is 1. The maximum Gasteiger partial charge on any atom is 0.0531 e. The quantitative estimate of drug-likeness (QED) is 0.323. The first-order valence-electron chi connectivity index (χ1n) is 10.3. The van der Waals surface area contributed by atoms with Crippen LogP contribution < -0.4 is 0 Å². The zero-order chi connectivity index (χ0) is 20.2. The van der Waals surface area contributed by atoms with Crippen LogP contribution in [0.4, 0.5) is 0 Å². The van der Waals surface area contributed by atoms with E-state index in [0.717, 1.165) is 19.3 Å². The largest absolute Gasteiger partial charge is 0.321 e. The molecule has 4 aromatic rings. The monoisotopic (exact) mass is 377 g/mol. The molecule has 144 valence electrons. The van der Waals surface area contributed by atoms with Gasteiger partial charge in [0.15, 0.2) is 0 Å². The van der Waals surface area contributed by atoms with Crippen molar-refractivity contribution in [1.29, 1.82) is 0 Å². The molecule has 1 nitrogen and oxygen atoms in total. The predicted octanol–water partition coefficient (Wildman–Crippen LogP) is 7.13. The lowest BCUT2D eigenvalue weighted by atomic mass is 9.91. The standard InChI is InChI=1S/C28H27N/c1-4-23-17-18-27-28(24(23)19-21-13-9-7-10-14-21)25(26(5-2)29(27)6-3)20-22-15-11-8-12-16-22/h4,6-18H,1,3,5,19-20H2,2H3. The molecular weight excluding hydrogens is 350 g/mol. The topological polar surface area (TPSA) is 4.93 Å². The van der Waals surface area contributed by atoms with Gasteiger partial charge >= 0.3 is 0 Å². The number of nitrogens with zero attached hydrogens (tertiary/aromatic N) is 1. The Bertz CT molecular complexity index is 1150. The molecule has 0 atom stereocenters. The molecule has 1 aromatic heterocycles. The number of rotatable bonds is 7. The first kappa shape index (κ1) is 19.0. The molecule has 3 aromatic carbocycles. The lowest BCUT2D eigenvalue weighted by Gasteiger charge is -2.12. The highest BCUT2D eigenvalue weighted by molar-refractivity contribution is 5.93. The van der Waals surface area contributed by atoms with Crippen molar-refractivity contribution in [3.05, 3.63) is 119 Å². The van der Waals surface area contributed by atoms with Gasteiger partial charge in [-0.25, -0.2) is 0 Å². The van der Waals surface area contributed by atoms with E-state index in [-0.39, 0.29) is 0 Å². The van der Waals surface area contributed by atoms with Crippen LogP contribution in [0.1, 0.15) is 40.4 Å². The van der Waals surface area contributed by atoms with E-state index in [0.29, 0.717) is 0 Å². The number of benzene rings is 3. The van der Waals surface area contributed by atoms with Crippen LogP contribution in [0.15, 0.2) is 86.0 Å². The Hall–Kier alpha value is -3.32. The molecule has 0 N–H and O–H groups in total. The van der Waals surface area contributed by atoms with Crippen LogP contribution in [0, 0.1) is 0 Å². The molecule has 0 saturated carbocycles. The van der Waals surface area contributed by atoms with Crippen molar-refractivity contribution in [3.63, 3.8) is 0 Å². The summed E-state index contributed by atoms with van der Waals surface area (Å²) in [7, 11) is 0. The Morgan fingerprint density at radius 3 is 1.86 bits per heavy atom. The SMILES string of the molecule is C=Cc1ccc2c(c1Cc1ccccc1)c(Cc1ccccc1)c(CC)n2C=C. The molecule has 1 heteroatoms. The summed E-state index contributed by atoms with van der Waals surface area (Å²) in [4.78, 5) is 0. The van der Waals surface area contributed by atoms with Gasteiger partial charge < -0.3 is 4.57 Å². The highest BCUT2D eigenvalue weighted by Crippen LogP contribution is 2.35. The van der Waals surface area contributed by atoms with E-state index in [1.54, 1.807) is 0 Å². The fourth-order valence-electron chi connectivity index (χ4n) is 4.39. The molecule has 29 heavy (non-hydrogen) atoms. The highest BCUT2D eigenvalue weighted by Gasteiger charge is 2.19. The number of hydrogen-bond donors (Lipinski definition) is 0. The Labute approximate surface area is 173 Å². The minimum Gasteiger partial charge on any atom is -0.321 e. The van der Waals surface area contributed by atoms with E-state index < -0.39 is 0 Å². The first-order valence-corrected chi connectivity index (χ1v) is 10.3. The smallest absolute Gasteiger partial charge is 0.0531 e. The Morgan fingerprint density at radius 1 is 0.759 bits per heavy atom. The Morgan fingerprint density at radius 2 is 1.34 bits per heavy atom. The van der Waals surface area contributed by atoms with Crippen LogP contribution in [0.5, 0.6) is 0 Å². The molecule has 0 amide bonds. The van der Waals surface area contributed by atoms with Crippen molar-refractivity contribution in [2.24, 2.45) is 0 Å². The second kappa shape index (κ2) is 8.36. The zero-order valence-corrected chi connectivity index (χ0v) is 17.1. The van der Waals surface area contributed by atoms with Crippen LogP contribution in [-0.2, 0) is 19.3 Å². The van der Waals surface area contributed by atoms with Gasteiger partial charge in [0.1, 0.15) is 0 Å². The molecule has 0 radical (unpaired) electrons. The molecule has 0 saturated heterocycles. The van der Waals surface area contributed by atoms with Crippen LogP contribution in [0.25, 0.3) is 23.2 Å². The summed E-state index contributed by atoms with van der Waals surface area (Å²) in [6.45, 7) is 10.4. The van der Waals surface area contributed by atoms with Gasteiger partial charge in [-0.15, -0.1) is 0 Å². The van der Waals surface area contributed by atoms with Gasteiger partial charge in [0.25, 0.3) is 0 Å². The molecule has 0 fully saturated rings. The minimum absolute atomic E-state index is 0.894. The summed E-state index contributed by atoms with van der Waals surface area (Å²) in [6, 6.07) is 25.9. The summed E-state index contributed by atoms with van der Waals surface area (Å²) in [5, 5.41) is 1.35. The average Bonchev–Trinajstić information content (AvgIpc) is 3.08. The molecule has 0 aliphatic rings. The molecule has 0 spiro atoms. The van der Waals surface area contributed by atoms with Gasteiger partial charge in [-0.05, 0) is 53.1 Å². The summed E-state index contributed by atoms with van der Waals surface area (Å²) in [5.74, 6) is 0. The molecule has 0 unspecified atom stereocenters. The van der Waals surface area contributed by atoms with Crippen LogP contribution in [0.2, 0.25) is 0 Å². The third kappa shape index (κ3) is 3.56. The maximum absolute atomic E-state index is 4.11. The van der Waals surface area contributed by atoms with E-state index in [1.807, 2.05) is 12.3 Å². The van der Waals surface area contributed by atoms with Crippen molar-refractivity contribution in [1.82, 2.24) is 4.57 Å². The van der Waals surface area contributed by atoms with Crippen molar-refractivity contribution in [3.8, 4) is 0 Å². The van der Waals surface area contributed by atoms with E-state index in [1.165, 1.54) is 44.4 Å². The second-order valence-electron chi connectivity index (χ2n) is 7.39. The van der Waals surface area contributed by atoms with Gasteiger partial charge in [-0.3, -0.25) is 0 Å². The first-order chi connectivity index (χ1) is 14.3. The molecule has 0 bridgehead atoms. The predicted molar refractivity (Wildman–Crippen MR) is 126 cm³/mol. The second-order valence-corrected chi connectivity index (χ2v) is 7.39. The number of aromatic nitrogens is 1.